The molecule has 0 saturated carbocycles. The molecule has 23 nitrogen and oxygen atoms in total. The Morgan fingerprint density at radius 3 is 2.14 bits per heavy atom. The maximum Gasteiger partial charge on any atom is 0.407 e. The van der Waals surface area contributed by atoms with E-state index >= 15 is 0 Å². The maximum atomic E-state index is 13.8. The lowest BCUT2D eigenvalue weighted by Crippen LogP contribution is -2.54. The number of alkyl carbamates (subject to hydrolysis) is 2. The van der Waals surface area contributed by atoms with Gasteiger partial charge in [0.05, 0.1) is 37.4 Å². The standard InChI is InChI=1S/C64H84N8O15/c1-37(2)57(72-63(81)83-35-50-48-15-10-8-13-46(48)47-14-9-11-16-49(47)50)60(78)71-51(17-12-28-67-61(65)79)59(77)69-44-23-21-43(22-24-44)34-82-62(80)68-30-29-66-56(75)32-45-33-64(36-84-64)58(76)54(87-45)26-19-38(3)18-25-53-39(4)31-52(41(6)86-53)70-55(74)27-20-40(5)85-42(7)73/h8-11,13-16,18-24,26-27,37,39-41,45,50-54,57-58,76H,12,17,25,28-36H2,1-7H3,(H,66,75)(H,68,80)(H,69,77)(H,70,74)(H,71,78)(H,72,81)(H3,65,67,79)/b26-19+,27-20-,38-18+/t39-,40-,41+,45+,51-,52+,53-,54+,57-,58+,64+/m0/s1. The molecule has 0 unspecified atom stereocenters. The summed E-state index contributed by atoms with van der Waals surface area (Å²) in [6.07, 6.45) is 6.14. The maximum absolute atomic E-state index is 13.8. The molecule has 3 saturated heterocycles. The number of primary amides is 1. The molecule has 0 radical (unpaired) electrons. The predicted molar refractivity (Wildman–Crippen MR) is 322 cm³/mol. The van der Waals surface area contributed by atoms with E-state index in [9.17, 15) is 43.5 Å². The van der Waals surface area contributed by atoms with E-state index in [-0.39, 0.29) is 94.0 Å². The molecule has 7 rings (SSSR count). The molecule has 0 bridgehead atoms. The number of allylic oxidation sites excluding steroid dienone is 2. The number of nitrogens with one attached hydrogen (secondary N) is 7. The largest absolute Gasteiger partial charge is 0.459 e. The van der Waals surface area contributed by atoms with Gasteiger partial charge in [0.15, 0.2) is 0 Å². The number of fused-ring (bicyclic) bond motifs is 3. The highest BCUT2D eigenvalue weighted by atomic mass is 16.6. The summed E-state index contributed by atoms with van der Waals surface area (Å²) >= 11 is 0. The van der Waals surface area contributed by atoms with Crippen LogP contribution in [0, 0.1) is 11.8 Å². The third-order valence-corrected chi connectivity index (χ3v) is 15.8. The van der Waals surface area contributed by atoms with Gasteiger partial charge in [0, 0.05) is 50.7 Å². The van der Waals surface area contributed by atoms with Crippen LogP contribution < -0.4 is 43.0 Å². The fourth-order valence-electron chi connectivity index (χ4n) is 11.0. The summed E-state index contributed by atoms with van der Waals surface area (Å²) in [4.78, 5) is 102. The third kappa shape index (κ3) is 19.7. The number of amides is 8. The Kier molecular flexibility index (Phi) is 24.0. The van der Waals surface area contributed by atoms with Crippen molar-refractivity contribution in [1.29, 1.82) is 0 Å². The fraction of sp³-hybridized carbons (Fsp3) is 0.500. The number of nitrogens with two attached hydrogens (primary N) is 1. The summed E-state index contributed by atoms with van der Waals surface area (Å²) < 4.78 is 34.4. The number of hydrogen-bond acceptors (Lipinski definition) is 15. The number of epoxide rings is 1. The smallest absolute Gasteiger partial charge is 0.407 e. The van der Waals surface area contributed by atoms with Crippen molar-refractivity contribution < 1.29 is 71.9 Å². The lowest BCUT2D eigenvalue weighted by atomic mass is 9.87. The van der Waals surface area contributed by atoms with Crippen LogP contribution in [0.15, 0.2) is 109 Å². The van der Waals surface area contributed by atoms with Crippen LogP contribution in [-0.2, 0) is 59.0 Å². The number of hydrogen-bond donors (Lipinski definition) is 9. The van der Waals surface area contributed by atoms with Crippen molar-refractivity contribution in [2.75, 3.05) is 38.2 Å². The van der Waals surface area contributed by atoms with Crippen LogP contribution in [0.4, 0.5) is 20.1 Å². The second-order valence-corrected chi connectivity index (χ2v) is 23.1. The number of carbonyl (C=O) groups excluding carboxylic acids is 8. The quantitative estimate of drug-likeness (QED) is 0.0108. The average Bonchev–Trinajstić information content (AvgIpc) is 1.83. The number of aliphatic hydroxyl groups excluding tert-OH is 1. The van der Waals surface area contributed by atoms with Gasteiger partial charge >= 0.3 is 24.2 Å². The minimum atomic E-state index is -1.09. The van der Waals surface area contributed by atoms with Crippen molar-refractivity contribution in [1.82, 2.24) is 31.9 Å². The van der Waals surface area contributed by atoms with Gasteiger partial charge < -0.3 is 76.5 Å². The number of aliphatic hydroxyl groups is 1. The van der Waals surface area contributed by atoms with Crippen molar-refractivity contribution in [2.24, 2.45) is 17.6 Å². The predicted octanol–water partition coefficient (Wildman–Crippen LogP) is 5.84. The molecule has 10 N–H and O–H groups in total. The van der Waals surface area contributed by atoms with Crippen LogP contribution >= 0.6 is 0 Å². The molecule has 11 atom stereocenters. The first-order valence-corrected chi connectivity index (χ1v) is 29.7. The summed E-state index contributed by atoms with van der Waals surface area (Å²) in [6, 6.07) is 19.3. The van der Waals surface area contributed by atoms with E-state index < -0.39 is 84.0 Å². The summed E-state index contributed by atoms with van der Waals surface area (Å²) in [6.45, 7) is 13.1. The van der Waals surface area contributed by atoms with Gasteiger partial charge in [-0.25, -0.2) is 14.4 Å². The van der Waals surface area contributed by atoms with Gasteiger partial charge in [0.25, 0.3) is 0 Å². The van der Waals surface area contributed by atoms with E-state index in [4.69, 9.17) is 34.2 Å². The molecule has 0 aromatic heterocycles. The molecule has 470 valence electrons. The van der Waals surface area contributed by atoms with Crippen molar-refractivity contribution in [3.63, 3.8) is 0 Å². The van der Waals surface area contributed by atoms with Crippen molar-refractivity contribution in [3.05, 3.63) is 125 Å². The zero-order valence-electron chi connectivity index (χ0n) is 50.5. The zero-order chi connectivity index (χ0) is 62.8. The zero-order valence-corrected chi connectivity index (χ0v) is 50.5. The molecule has 3 aromatic rings. The average molecular weight is 1210 g/mol. The molecule has 1 aliphatic carbocycles. The minimum absolute atomic E-state index is 0.00361. The van der Waals surface area contributed by atoms with Crippen LogP contribution in [-0.4, -0.2) is 146 Å². The Morgan fingerprint density at radius 1 is 0.805 bits per heavy atom. The Morgan fingerprint density at radius 2 is 1.48 bits per heavy atom. The van der Waals surface area contributed by atoms with Crippen molar-refractivity contribution in [2.45, 2.75) is 160 Å². The second-order valence-electron chi connectivity index (χ2n) is 23.1. The van der Waals surface area contributed by atoms with E-state index in [0.29, 0.717) is 30.7 Å². The number of anilines is 1. The van der Waals surface area contributed by atoms with Crippen molar-refractivity contribution in [3.8, 4) is 11.1 Å². The van der Waals surface area contributed by atoms with E-state index in [1.807, 2.05) is 68.5 Å². The number of carbonyl (C=O) groups is 8. The number of benzene rings is 3. The molecule has 3 heterocycles. The summed E-state index contributed by atoms with van der Waals surface area (Å²) in [7, 11) is 0. The highest BCUT2D eigenvalue weighted by Gasteiger charge is 2.58. The lowest BCUT2D eigenvalue weighted by Gasteiger charge is -2.39. The number of ether oxygens (including phenoxy) is 6. The first-order valence-electron chi connectivity index (χ1n) is 29.7. The molecular formula is C64H84N8O15. The molecule has 23 heteroatoms. The Bertz CT molecular complexity index is 2950. The van der Waals surface area contributed by atoms with Gasteiger partial charge in [-0.05, 0) is 104 Å². The third-order valence-electron chi connectivity index (χ3n) is 15.8. The lowest BCUT2D eigenvalue weighted by molar-refractivity contribution is -0.145. The van der Waals surface area contributed by atoms with Crippen LogP contribution in [0.3, 0.4) is 0 Å². The highest BCUT2D eigenvalue weighted by molar-refractivity contribution is 5.98. The van der Waals surface area contributed by atoms with Crippen molar-refractivity contribution >= 4 is 53.5 Å². The fourth-order valence-corrected chi connectivity index (χ4v) is 11.0. The summed E-state index contributed by atoms with van der Waals surface area (Å²) in [5.74, 6) is -2.63. The highest BCUT2D eigenvalue weighted by Crippen LogP contribution is 2.45. The van der Waals surface area contributed by atoms with Gasteiger partial charge in [-0.1, -0.05) is 105 Å². The number of rotatable bonds is 27. The molecule has 3 aliphatic heterocycles. The van der Waals surface area contributed by atoms with Gasteiger partial charge in [-0.15, -0.1) is 0 Å². The molecular weight excluding hydrogens is 1120 g/mol. The topological polar surface area (TPSA) is 326 Å². The van der Waals surface area contributed by atoms with Crippen LogP contribution in [0.2, 0.25) is 0 Å². The Balaban J connectivity index is 0.804. The van der Waals surface area contributed by atoms with Gasteiger partial charge in [-0.3, -0.25) is 24.0 Å². The number of esters is 1. The monoisotopic (exact) mass is 1200 g/mol. The molecule has 87 heavy (non-hydrogen) atoms. The SMILES string of the molecule is CC(=O)O[C@@H](C)/C=C\C(=O)N[C@@H]1C[C@H](C)[C@H](C/C=C(C)/C=C/[C@H]2O[C@H](CC(=O)NCCNC(=O)OCc3ccc(NC(=O)[C@H](CCCNC(N)=O)NC(=O)[C@@H](NC(=O)OCC4c5ccccc5-c5ccccc54)C(C)C)cc3)C[C@@]3(CO3)[C@@H]2O)O[C@@H]1C. The minimum Gasteiger partial charge on any atom is -0.459 e. The van der Waals surface area contributed by atoms with Crippen LogP contribution in [0.5, 0.6) is 0 Å². The molecule has 3 fully saturated rings. The molecule has 1 spiro atoms. The van der Waals surface area contributed by atoms with Gasteiger partial charge in [0.2, 0.25) is 23.6 Å². The second kappa shape index (κ2) is 31.5. The van der Waals surface area contributed by atoms with Crippen LogP contribution in [0.1, 0.15) is 110 Å². The first kappa shape index (κ1) is 66.4. The Labute approximate surface area is 507 Å². The molecule has 8 amide bonds. The van der Waals surface area contributed by atoms with Gasteiger partial charge in [0.1, 0.15) is 49.2 Å². The van der Waals surface area contributed by atoms with E-state index in [2.05, 4.69) is 50.2 Å². The normalized spacial score (nSPS) is 23.3. The number of urea groups is 1. The molecule has 3 aromatic carbocycles. The summed E-state index contributed by atoms with van der Waals surface area (Å²) in [5, 5.41) is 30.3. The molecule has 4 aliphatic rings. The van der Waals surface area contributed by atoms with E-state index in [0.717, 1.165) is 34.2 Å². The van der Waals surface area contributed by atoms with E-state index in [1.54, 1.807) is 51.1 Å². The van der Waals surface area contributed by atoms with E-state index in [1.165, 1.54) is 19.1 Å². The summed E-state index contributed by atoms with van der Waals surface area (Å²) in [5.41, 5.74) is 10.6. The first-order chi connectivity index (χ1) is 41.6. The van der Waals surface area contributed by atoms with Crippen LogP contribution in [0.25, 0.3) is 11.1 Å². The Hall–Kier alpha value is -8.12. The van der Waals surface area contributed by atoms with Gasteiger partial charge in [-0.2, -0.15) is 0 Å².